The third-order valence-corrected chi connectivity index (χ3v) is 5.38. The fraction of sp³-hybridized carbons (Fsp3) is 0.522. The molecule has 2 aromatic rings. The zero-order chi connectivity index (χ0) is 19.4. The van der Waals surface area contributed by atoms with Crippen LogP contribution in [0.2, 0.25) is 0 Å². The van der Waals surface area contributed by atoms with Gasteiger partial charge in [0.15, 0.2) is 0 Å². The van der Waals surface area contributed by atoms with Gasteiger partial charge in [-0.15, -0.1) is 0 Å². The Morgan fingerprint density at radius 1 is 0.893 bits per heavy atom. The first kappa shape index (κ1) is 20.3. The van der Waals surface area contributed by atoms with Gasteiger partial charge in [0, 0.05) is 31.8 Å². The van der Waals surface area contributed by atoms with Gasteiger partial charge >= 0.3 is 0 Å². The van der Waals surface area contributed by atoms with Crippen LogP contribution in [0.4, 0.5) is 0 Å². The van der Waals surface area contributed by atoms with Crippen LogP contribution < -0.4 is 5.43 Å². The number of imidazole rings is 1. The van der Waals surface area contributed by atoms with Gasteiger partial charge in [-0.1, -0.05) is 62.8 Å². The van der Waals surface area contributed by atoms with Crippen LogP contribution in [0, 0.1) is 0 Å². The number of hydrogen-bond donors (Lipinski definition) is 1. The topological polar surface area (TPSA) is 59.3 Å². The zero-order valence-corrected chi connectivity index (χ0v) is 16.8. The lowest BCUT2D eigenvalue weighted by atomic mass is 10.00. The van der Waals surface area contributed by atoms with E-state index in [1.54, 1.807) is 0 Å². The highest BCUT2D eigenvalue weighted by atomic mass is 16.2. The van der Waals surface area contributed by atoms with Crippen LogP contribution in [0.15, 0.2) is 48.1 Å². The van der Waals surface area contributed by atoms with E-state index in [0.717, 1.165) is 30.7 Å². The number of aromatic nitrogens is 2. The van der Waals surface area contributed by atoms with E-state index in [1.807, 2.05) is 18.7 Å². The standard InChI is InChI=1S/C23H32N4O/c28-23-15-14-22(25-26-23)21-12-10-20(11-13-21)9-7-5-3-1-2-4-6-8-17-27-18-16-24-19-27/h10-13,16,18-19H,1-9,14-15,17H2,(H,26,28). The summed E-state index contributed by atoms with van der Waals surface area (Å²) in [5, 5.41) is 4.16. The molecule has 0 bridgehead atoms. The van der Waals surface area contributed by atoms with Gasteiger partial charge in [-0.05, 0) is 30.4 Å². The molecule has 0 fully saturated rings. The maximum Gasteiger partial charge on any atom is 0.240 e. The number of hydrazone groups is 1. The quantitative estimate of drug-likeness (QED) is 0.535. The number of amides is 1. The van der Waals surface area contributed by atoms with Crippen molar-refractivity contribution < 1.29 is 4.79 Å². The molecule has 1 aliphatic heterocycles. The normalized spacial score (nSPS) is 14.0. The third kappa shape index (κ3) is 6.95. The monoisotopic (exact) mass is 380 g/mol. The fourth-order valence-corrected chi connectivity index (χ4v) is 3.65. The lowest BCUT2D eigenvalue weighted by Crippen LogP contribution is -2.25. The van der Waals surface area contributed by atoms with E-state index >= 15 is 0 Å². The van der Waals surface area contributed by atoms with Gasteiger partial charge in [0.1, 0.15) is 0 Å². The van der Waals surface area contributed by atoms with Crippen molar-refractivity contribution in [1.29, 1.82) is 0 Å². The highest BCUT2D eigenvalue weighted by Gasteiger charge is 2.12. The summed E-state index contributed by atoms with van der Waals surface area (Å²) < 4.78 is 2.16. The highest BCUT2D eigenvalue weighted by molar-refractivity contribution is 6.04. The average molecular weight is 381 g/mol. The largest absolute Gasteiger partial charge is 0.337 e. The molecule has 28 heavy (non-hydrogen) atoms. The highest BCUT2D eigenvalue weighted by Crippen LogP contribution is 2.15. The number of nitrogens with zero attached hydrogens (tertiary/aromatic N) is 3. The molecule has 2 heterocycles. The molecule has 150 valence electrons. The first-order chi connectivity index (χ1) is 13.8. The van der Waals surface area contributed by atoms with Crippen molar-refractivity contribution in [3.8, 4) is 0 Å². The van der Waals surface area contributed by atoms with Crippen molar-refractivity contribution >= 4 is 11.6 Å². The molecule has 1 aliphatic rings. The maximum atomic E-state index is 11.2. The summed E-state index contributed by atoms with van der Waals surface area (Å²) in [6, 6.07) is 8.67. The Morgan fingerprint density at radius 3 is 2.25 bits per heavy atom. The lowest BCUT2D eigenvalue weighted by Gasteiger charge is -2.12. The maximum absolute atomic E-state index is 11.2. The van der Waals surface area contributed by atoms with Gasteiger partial charge in [-0.25, -0.2) is 10.4 Å². The van der Waals surface area contributed by atoms with Gasteiger partial charge in [-0.3, -0.25) is 4.79 Å². The van der Waals surface area contributed by atoms with Crippen LogP contribution in [0.3, 0.4) is 0 Å². The Morgan fingerprint density at radius 2 is 1.61 bits per heavy atom. The second-order valence-electron chi connectivity index (χ2n) is 7.67. The van der Waals surface area contributed by atoms with Gasteiger partial charge in [0.2, 0.25) is 5.91 Å². The van der Waals surface area contributed by atoms with E-state index in [2.05, 4.69) is 44.3 Å². The van der Waals surface area contributed by atoms with Crippen molar-refractivity contribution in [1.82, 2.24) is 15.0 Å². The number of rotatable bonds is 12. The number of carbonyl (C=O) groups excluding carboxylic acids is 1. The SMILES string of the molecule is O=C1CCC(c2ccc(CCCCCCCCCCn3ccnc3)cc2)=NN1. The van der Waals surface area contributed by atoms with E-state index in [9.17, 15) is 4.79 Å². The van der Waals surface area contributed by atoms with Crippen molar-refractivity contribution in [2.75, 3.05) is 0 Å². The Hall–Kier alpha value is -2.43. The predicted octanol–water partition coefficient (Wildman–Crippen LogP) is 4.86. The molecule has 5 heteroatoms. The number of benzene rings is 1. The van der Waals surface area contributed by atoms with Crippen LogP contribution in [-0.2, 0) is 17.8 Å². The molecule has 0 saturated carbocycles. The first-order valence-electron chi connectivity index (χ1n) is 10.7. The Labute approximate surface area is 168 Å². The van der Waals surface area contributed by atoms with E-state index in [0.29, 0.717) is 6.42 Å². The zero-order valence-electron chi connectivity index (χ0n) is 16.8. The molecule has 0 atom stereocenters. The van der Waals surface area contributed by atoms with E-state index in [1.165, 1.54) is 56.9 Å². The number of nitrogens with one attached hydrogen (secondary N) is 1. The molecule has 1 aromatic heterocycles. The second kappa shape index (κ2) is 11.4. The Balaban J connectivity index is 1.20. The molecular weight excluding hydrogens is 348 g/mol. The molecule has 5 nitrogen and oxygen atoms in total. The minimum atomic E-state index is 0.00912. The smallest absolute Gasteiger partial charge is 0.240 e. The van der Waals surface area contributed by atoms with Gasteiger partial charge in [-0.2, -0.15) is 5.10 Å². The number of aryl methyl sites for hydroxylation is 2. The number of carbonyl (C=O) groups is 1. The van der Waals surface area contributed by atoms with Crippen LogP contribution in [-0.4, -0.2) is 21.2 Å². The van der Waals surface area contributed by atoms with Gasteiger partial charge in [0.25, 0.3) is 0 Å². The molecule has 1 amide bonds. The van der Waals surface area contributed by atoms with E-state index < -0.39 is 0 Å². The number of hydrogen-bond acceptors (Lipinski definition) is 3. The van der Waals surface area contributed by atoms with Crippen molar-refractivity contribution in [2.45, 2.75) is 77.2 Å². The minimum absolute atomic E-state index is 0.00912. The average Bonchev–Trinajstić information content (AvgIpc) is 3.24. The van der Waals surface area contributed by atoms with E-state index in [4.69, 9.17) is 0 Å². The summed E-state index contributed by atoms with van der Waals surface area (Å²) in [6.07, 6.45) is 18.8. The Bertz CT molecular complexity index is 734. The molecule has 0 spiro atoms. The summed E-state index contributed by atoms with van der Waals surface area (Å²) in [7, 11) is 0. The van der Waals surface area contributed by atoms with Crippen LogP contribution in [0.25, 0.3) is 0 Å². The molecule has 0 radical (unpaired) electrons. The van der Waals surface area contributed by atoms with Crippen molar-refractivity contribution in [3.63, 3.8) is 0 Å². The molecule has 1 aromatic carbocycles. The van der Waals surface area contributed by atoms with Crippen LogP contribution >= 0.6 is 0 Å². The van der Waals surface area contributed by atoms with E-state index in [-0.39, 0.29) is 5.91 Å². The lowest BCUT2D eigenvalue weighted by molar-refractivity contribution is -0.121. The third-order valence-electron chi connectivity index (χ3n) is 5.38. The van der Waals surface area contributed by atoms with Gasteiger partial charge < -0.3 is 4.57 Å². The molecular formula is C23H32N4O. The van der Waals surface area contributed by atoms with Crippen molar-refractivity contribution in [3.05, 3.63) is 54.1 Å². The minimum Gasteiger partial charge on any atom is -0.337 e. The summed E-state index contributed by atoms with van der Waals surface area (Å²) in [5.41, 5.74) is 6.06. The molecule has 3 rings (SSSR count). The fourth-order valence-electron chi connectivity index (χ4n) is 3.65. The molecule has 0 aliphatic carbocycles. The summed E-state index contributed by atoms with van der Waals surface area (Å²) in [5.74, 6) is 0.00912. The summed E-state index contributed by atoms with van der Waals surface area (Å²) in [6.45, 7) is 1.10. The van der Waals surface area contributed by atoms with Gasteiger partial charge in [0.05, 0.1) is 12.0 Å². The molecule has 0 saturated heterocycles. The molecule has 0 unspecified atom stereocenters. The Kier molecular flexibility index (Phi) is 8.28. The number of unbranched alkanes of at least 4 members (excludes halogenated alkanes) is 7. The second-order valence-corrected chi connectivity index (χ2v) is 7.67. The van der Waals surface area contributed by atoms with Crippen LogP contribution in [0.5, 0.6) is 0 Å². The van der Waals surface area contributed by atoms with Crippen molar-refractivity contribution in [2.24, 2.45) is 5.10 Å². The summed E-state index contributed by atoms with van der Waals surface area (Å²) in [4.78, 5) is 15.2. The predicted molar refractivity (Wildman–Crippen MR) is 113 cm³/mol. The summed E-state index contributed by atoms with van der Waals surface area (Å²) >= 11 is 0. The first-order valence-corrected chi connectivity index (χ1v) is 10.7. The van der Waals surface area contributed by atoms with Crippen LogP contribution in [0.1, 0.15) is 75.3 Å². The molecule has 1 N–H and O–H groups in total.